The molecule has 0 spiro atoms. The Morgan fingerprint density at radius 3 is 1.82 bits per heavy atom. The number of aromatic nitrogens is 3. The quantitative estimate of drug-likeness (QED) is 0.142. The van der Waals surface area contributed by atoms with Gasteiger partial charge in [0, 0.05) is 11.3 Å². The van der Waals surface area contributed by atoms with Crippen molar-refractivity contribution in [3.63, 3.8) is 0 Å². The van der Waals surface area contributed by atoms with Gasteiger partial charge < -0.3 is 0 Å². The van der Waals surface area contributed by atoms with Crippen molar-refractivity contribution in [2.45, 2.75) is 27.1 Å². The molecule has 11 aromatic rings. The van der Waals surface area contributed by atoms with E-state index in [-0.39, 0.29) is 40.7 Å². The Kier molecular flexibility index (Phi) is 7.58. The molecule has 0 fully saturated rings. The first kappa shape index (κ1) is 32.7. The second kappa shape index (κ2) is 16.9. The van der Waals surface area contributed by atoms with Crippen molar-refractivity contribution in [3.05, 3.63) is 234 Å². The zero-order valence-electron chi connectivity index (χ0n) is 51.6. The van der Waals surface area contributed by atoms with Crippen LogP contribution in [-0.2, 0) is 25.7 Å². The first-order valence-corrected chi connectivity index (χ1v) is 25.1. The summed E-state index contributed by atoms with van der Waals surface area (Å²) in [5, 5.41) is 0. The molecule has 352 valence electrons. The number of benzene rings is 9. The molecular formula is C65H48BN5OPt. The summed E-state index contributed by atoms with van der Waals surface area (Å²) in [6.45, 7) is 5.06. The number of rotatable bonds is 8. The van der Waals surface area contributed by atoms with Gasteiger partial charge in [0.1, 0.15) is 0 Å². The molecule has 0 N–H and O–H groups in total. The topological polar surface area (TPSA) is 38.5 Å². The molecule has 0 bridgehead atoms. The normalized spacial score (nSPS) is 15.4. The van der Waals surface area contributed by atoms with Crippen molar-refractivity contribution in [3.8, 4) is 78.6 Å². The molecule has 0 unspecified atom stereocenters. The maximum atomic E-state index is 9.61. The third-order valence-electron chi connectivity index (χ3n) is 13.7. The van der Waals surface area contributed by atoms with Crippen LogP contribution >= 0.6 is 0 Å². The van der Waals surface area contributed by atoms with Gasteiger partial charge in [0.2, 0.25) is 0 Å². The van der Waals surface area contributed by atoms with E-state index in [0.717, 1.165) is 39.2 Å². The molecule has 0 aliphatic carbocycles. The number of fused-ring (bicyclic) bond motifs is 10. The van der Waals surface area contributed by atoms with Crippen LogP contribution in [0.25, 0.3) is 78.0 Å². The molecule has 3 aliphatic rings. The minimum atomic E-state index is -1.98. The van der Waals surface area contributed by atoms with Crippen molar-refractivity contribution >= 4 is 46.4 Å². The SMILES string of the molecule is [2H]c1c([2H])c([2H])c(-c2cc3c(nc2Oc2cccc(-n4[c](=[Pt])n(-c5c(-c6ccccc6)cc(C([2H])([2H])C(C)(C)C)cc5-c5c([2H])c([2H])c([2H])c([2H])c5[2H])c5ccccc54)c2)N2B4c5c(cccc5-3)-c3ccccc3N4c3ccccc32)c([2H])c1[2H]. The monoisotopic (exact) mass is 1130 g/mol. The van der Waals surface area contributed by atoms with Gasteiger partial charge in [-0.15, -0.1) is 0 Å². The van der Waals surface area contributed by atoms with Gasteiger partial charge in [0.25, 0.3) is 0 Å². The van der Waals surface area contributed by atoms with Gasteiger partial charge in [0.05, 0.1) is 1.37 Å². The summed E-state index contributed by atoms with van der Waals surface area (Å²) in [5.74, 6) is 0.838. The van der Waals surface area contributed by atoms with Crippen LogP contribution in [0.2, 0.25) is 0 Å². The molecule has 5 heterocycles. The van der Waals surface area contributed by atoms with Crippen LogP contribution in [0, 0.1) is 9.22 Å². The Labute approximate surface area is 453 Å². The Hall–Kier alpha value is -8.25. The third-order valence-corrected chi connectivity index (χ3v) is 14.7. The van der Waals surface area contributed by atoms with Gasteiger partial charge in [-0.1, -0.05) is 42.5 Å². The first-order chi connectivity index (χ1) is 40.7. The van der Waals surface area contributed by atoms with Crippen molar-refractivity contribution in [2.24, 2.45) is 5.41 Å². The van der Waals surface area contributed by atoms with E-state index in [1.165, 1.54) is 0 Å². The molecule has 14 rings (SSSR count). The molecule has 0 saturated heterocycles. The number of hydrogen-bond donors (Lipinski definition) is 0. The van der Waals surface area contributed by atoms with E-state index in [1.807, 2.05) is 124 Å². The fraction of sp³-hybridized carbons (Fsp3) is 0.0769. The molecule has 0 amide bonds. The van der Waals surface area contributed by atoms with Gasteiger partial charge in [-0.25, -0.2) is 0 Å². The van der Waals surface area contributed by atoms with E-state index in [4.69, 9.17) is 17.9 Å². The molecule has 3 aliphatic heterocycles. The molecule has 2 aromatic heterocycles. The summed E-state index contributed by atoms with van der Waals surface area (Å²) >= 11 is 2.23. The van der Waals surface area contributed by atoms with Gasteiger partial charge in [-0.05, 0) is 17.7 Å². The van der Waals surface area contributed by atoms with Gasteiger partial charge in [-0.3, -0.25) is 0 Å². The molecule has 6 nitrogen and oxygen atoms in total. The summed E-state index contributed by atoms with van der Waals surface area (Å²) in [4.78, 5) is 9.95. The molecule has 9 aromatic carbocycles. The van der Waals surface area contributed by atoms with Crippen LogP contribution in [0.5, 0.6) is 11.6 Å². The molecular weight excluding hydrogens is 1070 g/mol. The summed E-state index contributed by atoms with van der Waals surface area (Å²) in [7, 11) is 0. The maximum absolute atomic E-state index is 9.61. The fourth-order valence-electron chi connectivity index (χ4n) is 10.9. The number of imidazole rings is 1. The third kappa shape index (κ3) is 7.05. The summed E-state index contributed by atoms with van der Waals surface area (Å²) in [5.41, 5.74) is 10.9. The zero-order chi connectivity index (χ0) is 59.4. The fourth-order valence-corrected chi connectivity index (χ4v) is 12.0. The van der Waals surface area contributed by atoms with E-state index in [9.17, 15) is 8.22 Å². The number of hydrogen-bond acceptors (Lipinski definition) is 4. The van der Waals surface area contributed by atoms with Crippen LogP contribution < -0.4 is 19.8 Å². The van der Waals surface area contributed by atoms with Crippen LogP contribution in [-0.4, -0.2) is 21.1 Å². The van der Waals surface area contributed by atoms with Gasteiger partial charge in [0.15, 0.2) is 0 Å². The average molecular weight is 1130 g/mol. The predicted molar refractivity (Wildman–Crippen MR) is 297 cm³/mol. The second-order valence-electron chi connectivity index (χ2n) is 19.3. The van der Waals surface area contributed by atoms with Crippen molar-refractivity contribution in [2.75, 3.05) is 9.62 Å². The predicted octanol–water partition coefficient (Wildman–Crippen LogP) is 15.9. The van der Waals surface area contributed by atoms with Gasteiger partial charge in [-0.2, -0.15) is 0 Å². The Morgan fingerprint density at radius 1 is 0.534 bits per heavy atom. The Bertz CT molecular complexity index is 4740. The standard InChI is InChI=1S/C65H48BN5O.Pt/c1-65(2,3)41-43-37-52(44-21-7-4-8-22-44)62(53(38-43)45-23-9-5-10-24-45)69-42-68(57-33-15-16-34-58(57)69)47-27-19-28-48(39-47)72-64-54(46-25-11-6-12-26-46)40-55-51-31-20-30-50-49-29-13-14-32-56(49)70-59-35-17-18-36-60(59)71(63(55)67-64)66(70)61(50)51;/h4-40H,41H2,1-3H3;/i4D,6D,7D,8D,11D,12D,21D,22D,25D,26D,41D2;. The molecule has 0 atom stereocenters. The van der Waals surface area contributed by atoms with Crippen LogP contribution in [0.15, 0.2) is 224 Å². The van der Waals surface area contributed by atoms with Crippen LogP contribution in [0.4, 0.5) is 22.9 Å². The number of pyridine rings is 1. The zero-order valence-corrected chi connectivity index (χ0v) is 41.9. The minimum absolute atomic E-state index is 0.00516. The molecule has 73 heavy (non-hydrogen) atoms. The van der Waals surface area contributed by atoms with Crippen molar-refractivity contribution < 1.29 is 40.5 Å². The number of nitrogens with zero attached hydrogens (tertiary/aromatic N) is 5. The van der Waals surface area contributed by atoms with E-state index < -0.39 is 72.2 Å². The van der Waals surface area contributed by atoms with Crippen LogP contribution in [0.3, 0.4) is 0 Å². The molecule has 8 heteroatoms. The van der Waals surface area contributed by atoms with E-state index >= 15 is 0 Å². The summed E-state index contributed by atoms with van der Waals surface area (Å²) < 4.78 is 121. The van der Waals surface area contributed by atoms with E-state index in [2.05, 4.69) is 59.3 Å². The number of ether oxygens (including phenoxy) is 1. The van der Waals surface area contributed by atoms with Crippen molar-refractivity contribution in [1.29, 1.82) is 0 Å². The Morgan fingerprint density at radius 2 is 1.11 bits per heavy atom. The molecule has 0 radical (unpaired) electrons. The van der Waals surface area contributed by atoms with Crippen molar-refractivity contribution in [1.82, 2.24) is 14.1 Å². The summed E-state index contributed by atoms with van der Waals surface area (Å²) in [6.07, 6.45) is -1.98. The number of anilines is 4. The van der Waals surface area contributed by atoms with E-state index in [1.54, 1.807) is 39.0 Å². The average Bonchev–Trinajstić information content (AvgIpc) is 1.68. The number of para-hydroxylation sites is 5. The Balaban J connectivity index is 1.00. The second-order valence-corrected chi connectivity index (χ2v) is 20.3. The van der Waals surface area contributed by atoms with Gasteiger partial charge >= 0.3 is 383 Å². The first-order valence-electron chi connectivity index (χ1n) is 30.0. The summed E-state index contributed by atoms with van der Waals surface area (Å²) in [6, 6.07) is 47.5. The van der Waals surface area contributed by atoms with E-state index in [0.29, 0.717) is 54.5 Å². The molecule has 0 saturated carbocycles. The van der Waals surface area contributed by atoms with Crippen LogP contribution in [0.1, 0.15) is 42.8 Å².